The van der Waals surface area contributed by atoms with Gasteiger partial charge in [-0.25, -0.2) is 0 Å². The summed E-state index contributed by atoms with van der Waals surface area (Å²) < 4.78 is 6.66. The Morgan fingerprint density at radius 1 is 1.44 bits per heavy atom. The third-order valence-corrected chi connectivity index (χ3v) is 2.39. The van der Waals surface area contributed by atoms with Gasteiger partial charge in [0.25, 0.3) is 5.56 Å². The number of pyridine rings is 1. The molecular weight excluding hydrogens is 204 g/mol. The molecule has 0 unspecified atom stereocenters. The second-order valence-corrected chi connectivity index (χ2v) is 3.83. The monoisotopic (exact) mass is 224 g/mol. The van der Waals surface area contributed by atoms with E-state index in [0.29, 0.717) is 0 Å². The van der Waals surface area contributed by atoms with Crippen molar-refractivity contribution >= 4 is 0 Å². The zero-order valence-corrected chi connectivity index (χ0v) is 10.0. The third kappa shape index (κ3) is 4.59. The maximum Gasteiger partial charge on any atom is 0.250 e. The topological polar surface area (TPSA) is 43.3 Å². The van der Waals surface area contributed by atoms with E-state index >= 15 is 0 Å². The number of rotatable bonds is 7. The number of hydrogen-bond acceptors (Lipinski definition) is 3. The summed E-state index contributed by atoms with van der Waals surface area (Å²) in [4.78, 5) is 11.5. The van der Waals surface area contributed by atoms with Gasteiger partial charge in [-0.1, -0.05) is 0 Å². The lowest BCUT2D eigenvalue weighted by Crippen LogP contribution is -2.24. The van der Waals surface area contributed by atoms with Gasteiger partial charge in [0.05, 0.1) is 6.61 Å². The van der Waals surface area contributed by atoms with Gasteiger partial charge in [0, 0.05) is 32.5 Å². The van der Waals surface area contributed by atoms with Crippen LogP contribution in [0.25, 0.3) is 0 Å². The lowest BCUT2D eigenvalue weighted by atomic mass is 10.3. The molecule has 1 aromatic heterocycles. The summed E-state index contributed by atoms with van der Waals surface area (Å²) in [6, 6.07) is 3.62. The van der Waals surface area contributed by atoms with E-state index in [9.17, 15) is 4.79 Å². The SMILES string of the molecule is COCCNCCCn1ccc(C)cc1=O. The van der Waals surface area contributed by atoms with E-state index in [4.69, 9.17) is 4.74 Å². The average Bonchev–Trinajstić information content (AvgIpc) is 2.26. The summed E-state index contributed by atoms with van der Waals surface area (Å²) in [5.74, 6) is 0. The van der Waals surface area contributed by atoms with Gasteiger partial charge in [0.1, 0.15) is 0 Å². The molecule has 0 fully saturated rings. The van der Waals surface area contributed by atoms with E-state index in [2.05, 4.69) is 5.32 Å². The second-order valence-electron chi connectivity index (χ2n) is 3.83. The summed E-state index contributed by atoms with van der Waals surface area (Å²) in [7, 11) is 1.69. The first-order valence-corrected chi connectivity index (χ1v) is 5.61. The van der Waals surface area contributed by atoms with Crippen molar-refractivity contribution in [3.05, 3.63) is 34.2 Å². The molecule has 90 valence electrons. The molecule has 0 saturated carbocycles. The molecule has 4 nitrogen and oxygen atoms in total. The minimum absolute atomic E-state index is 0.0805. The van der Waals surface area contributed by atoms with Gasteiger partial charge in [-0.05, 0) is 31.5 Å². The fourth-order valence-electron chi connectivity index (χ4n) is 1.47. The fourth-order valence-corrected chi connectivity index (χ4v) is 1.47. The molecule has 16 heavy (non-hydrogen) atoms. The summed E-state index contributed by atoms with van der Waals surface area (Å²) in [5.41, 5.74) is 1.09. The molecule has 1 aromatic rings. The van der Waals surface area contributed by atoms with Crippen LogP contribution >= 0.6 is 0 Å². The van der Waals surface area contributed by atoms with Crippen LogP contribution in [0.15, 0.2) is 23.1 Å². The Labute approximate surface area is 96.2 Å². The van der Waals surface area contributed by atoms with Gasteiger partial charge < -0.3 is 14.6 Å². The first-order chi connectivity index (χ1) is 7.74. The summed E-state index contributed by atoms with van der Waals surface area (Å²) >= 11 is 0. The predicted octanol–water partition coefficient (Wildman–Crippen LogP) is 0.783. The number of aryl methyl sites for hydroxylation is 2. The highest BCUT2D eigenvalue weighted by atomic mass is 16.5. The Morgan fingerprint density at radius 3 is 2.94 bits per heavy atom. The molecular formula is C12H20N2O2. The zero-order valence-electron chi connectivity index (χ0n) is 10.0. The average molecular weight is 224 g/mol. The van der Waals surface area contributed by atoms with Crippen LogP contribution in [0.1, 0.15) is 12.0 Å². The molecule has 0 amide bonds. The van der Waals surface area contributed by atoms with Crippen molar-refractivity contribution in [2.24, 2.45) is 0 Å². The van der Waals surface area contributed by atoms with Crippen molar-refractivity contribution in [2.75, 3.05) is 26.8 Å². The molecule has 0 aliphatic carbocycles. The van der Waals surface area contributed by atoms with E-state index in [1.54, 1.807) is 17.7 Å². The number of nitrogens with one attached hydrogen (secondary N) is 1. The van der Waals surface area contributed by atoms with Crippen molar-refractivity contribution in [1.82, 2.24) is 9.88 Å². The molecule has 4 heteroatoms. The van der Waals surface area contributed by atoms with Crippen molar-refractivity contribution < 1.29 is 4.74 Å². The normalized spacial score (nSPS) is 10.6. The minimum Gasteiger partial charge on any atom is -0.383 e. The maximum atomic E-state index is 11.5. The molecule has 0 atom stereocenters. The molecule has 1 rings (SSSR count). The summed E-state index contributed by atoms with van der Waals surface area (Å²) in [6.45, 7) is 5.19. The Hall–Kier alpha value is -1.13. The van der Waals surface area contributed by atoms with Crippen LogP contribution in [0.2, 0.25) is 0 Å². The Balaban J connectivity index is 2.24. The van der Waals surface area contributed by atoms with E-state index in [1.807, 2.05) is 19.2 Å². The van der Waals surface area contributed by atoms with Crippen molar-refractivity contribution in [3.63, 3.8) is 0 Å². The van der Waals surface area contributed by atoms with E-state index < -0.39 is 0 Å². The Kier molecular flexibility index (Phi) is 5.82. The predicted molar refractivity (Wildman–Crippen MR) is 64.8 cm³/mol. The van der Waals surface area contributed by atoms with Crippen LogP contribution in [-0.4, -0.2) is 31.4 Å². The van der Waals surface area contributed by atoms with Gasteiger partial charge in [-0.15, -0.1) is 0 Å². The number of aromatic nitrogens is 1. The van der Waals surface area contributed by atoms with Crippen molar-refractivity contribution in [2.45, 2.75) is 19.9 Å². The first-order valence-electron chi connectivity index (χ1n) is 5.61. The van der Waals surface area contributed by atoms with Gasteiger partial charge in [-0.2, -0.15) is 0 Å². The standard InChI is InChI=1S/C12H20N2O2/c1-11-4-8-14(12(15)10-11)7-3-5-13-6-9-16-2/h4,8,10,13H,3,5-7,9H2,1-2H3. The van der Waals surface area contributed by atoms with Crippen LogP contribution in [0.3, 0.4) is 0 Å². The molecule has 1 N–H and O–H groups in total. The number of ether oxygens (including phenoxy) is 1. The summed E-state index contributed by atoms with van der Waals surface area (Å²) in [5, 5.41) is 3.25. The van der Waals surface area contributed by atoms with E-state index in [1.165, 1.54) is 0 Å². The molecule has 0 bridgehead atoms. The van der Waals surface area contributed by atoms with E-state index in [-0.39, 0.29) is 5.56 Å². The zero-order chi connectivity index (χ0) is 11.8. The van der Waals surface area contributed by atoms with Crippen molar-refractivity contribution in [3.8, 4) is 0 Å². The van der Waals surface area contributed by atoms with Gasteiger partial charge in [-0.3, -0.25) is 4.79 Å². The molecule has 0 spiro atoms. The molecule has 0 aliphatic heterocycles. The lowest BCUT2D eigenvalue weighted by Gasteiger charge is -2.06. The lowest BCUT2D eigenvalue weighted by molar-refractivity contribution is 0.199. The molecule has 0 aliphatic rings. The first kappa shape index (κ1) is 12.9. The smallest absolute Gasteiger partial charge is 0.250 e. The van der Waals surface area contributed by atoms with Gasteiger partial charge >= 0.3 is 0 Å². The molecule has 0 saturated heterocycles. The second kappa shape index (κ2) is 7.19. The largest absolute Gasteiger partial charge is 0.383 e. The van der Waals surface area contributed by atoms with Crippen LogP contribution in [0.4, 0.5) is 0 Å². The number of methoxy groups -OCH3 is 1. The summed E-state index contributed by atoms with van der Waals surface area (Å²) in [6.07, 6.45) is 2.81. The quantitative estimate of drug-likeness (QED) is 0.696. The van der Waals surface area contributed by atoms with Crippen molar-refractivity contribution in [1.29, 1.82) is 0 Å². The maximum absolute atomic E-state index is 11.5. The van der Waals surface area contributed by atoms with Crippen LogP contribution in [-0.2, 0) is 11.3 Å². The van der Waals surface area contributed by atoms with Gasteiger partial charge in [0.2, 0.25) is 0 Å². The Morgan fingerprint density at radius 2 is 2.25 bits per heavy atom. The van der Waals surface area contributed by atoms with Crippen LogP contribution < -0.4 is 10.9 Å². The van der Waals surface area contributed by atoms with Gasteiger partial charge in [0.15, 0.2) is 0 Å². The van der Waals surface area contributed by atoms with E-state index in [0.717, 1.165) is 38.2 Å². The molecule has 0 aromatic carbocycles. The highest BCUT2D eigenvalue weighted by Crippen LogP contribution is 1.92. The Bertz CT molecular complexity index is 360. The molecule has 1 heterocycles. The van der Waals surface area contributed by atoms with Crippen LogP contribution in [0.5, 0.6) is 0 Å². The highest BCUT2D eigenvalue weighted by molar-refractivity contribution is 5.07. The molecule has 0 radical (unpaired) electrons. The van der Waals surface area contributed by atoms with Crippen LogP contribution in [0, 0.1) is 6.92 Å². The fraction of sp³-hybridized carbons (Fsp3) is 0.583. The minimum atomic E-state index is 0.0805. The highest BCUT2D eigenvalue weighted by Gasteiger charge is 1.95. The third-order valence-electron chi connectivity index (χ3n) is 2.39. The number of hydrogen-bond donors (Lipinski definition) is 1. The number of nitrogens with zero attached hydrogens (tertiary/aromatic N) is 1.